The van der Waals surface area contributed by atoms with Crippen molar-refractivity contribution in [3.8, 4) is 0 Å². The lowest BCUT2D eigenvalue weighted by Crippen LogP contribution is -2.43. The SMILES string of the molecule is CCc1ccc(C(=O)NCC(c2ccc(C(F)(F)F)cc2)N2CCOCC2)o1. The first-order valence-electron chi connectivity index (χ1n) is 9.24. The van der Waals surface area contributed by atoms with Crippen LogP contribution in [0.4, 0.5) is 13.2 Å². The van der Waals surface area contributed by atoms with E-state index in [0.29, 0.717) is 38.3 Å². The minimum absolute atomic E-state index is 0.227. The van der Waals surface area contributed by atoms with Gasteiger partial charge in [-0.1, -0.05) is 19.1 Å². The molecule has 0 radical (unpaired) electrons. The van der Waals surface area contributed by atoms with Crippen LogP contribution >= 0.6 is 0 Å². The zero-order chi connectivity index (χ0) is 20.1. The number of ether oxygens (including phenoxy) is 1. The van der Waals surface area contributed by atoms with Crippen molar-refractivity contribution in [1.82, 2.24) is 10.2 Å². The summed E-state index contributed by atoms with van der Waals surface area (Å²) < 4.78 is 49.4. The van der Waals surface area contributed by atoms with E-state index in [1.807, 2.05) is 6.92 Å². The van der Waals surface area contributed by atoms with Crippen molar-refractivity contribution in [1.29, 1.82) is 0 Å². The number of furan rings is 1. The fourth-order valence-electron chi connectivity index (χ4n) is 3.21. The van der Waals surface area contributed by atoms with Crippen LogP contribution < -0.4 is 5.32 Å². The van der Waals surface area contributed by atoms with Crippen LogP contribution in [-0.2, 0) is 17.3 Å². The number of carbonyl (C=O) groups is 1. The van der Waals surface area contributed by atoms with E-state index in [9.17, 15) is 18.0 Å². The number of nitrogens with one attached hydrogen (secondary N) is 1. The lowest BCUT2D eigenvalue weighted by Gasteiger charge is -2.35. The summed E-state index contributed by atoms with van der Waals surface area (Å²) >= 11 is 0. The van der Waals surface area contributed by atoms with Crippen molar-refractivity contribution in [3.05, 3.63) is 59.0 Å². The topological polar surface area (TPSA) is 54.7 Å². The van der Waals surface area contributed by atoms with Crippen molar-refractivity contribution in [2.24, 2.45) is 0 Å². The van der Waals surface area contributed by atoms with Gasteiger partial charge in [0.1, 0.15) is 5.76 Å². The highest BCUT2D eigenvalue weighted by atomic mass is 19.4. The maximum absolute atomic E-state index is 12.9. The molecule has 1 aliphatic rings. The van der Waals surface area contributed by atoms with Crippen LogP contribution in [0.15, 0.2) is 40.8 Å². The van der Waals surface area contributed by atoms with Gasteiger partial charge in [-0.05, 0) is 29.8 Å². The number of halogens is 3. The third kappa shape index (κ3) is 4.94. The Morgan fingerprint density at radius 1 is 1.14 bits per heavy atom. The molecule has 3 rings (SSSR count). The Morgan fingerprint density at radius 3 is 2.39 bits per heavy atom. The molecule has 1 saturated heterocycles. The van der Waals surface area contributed by atoms with Gasteiger partial charge in [0.25, 0.3) is 5.91 Å². The van der Waals surface area contributed by atoms with Crippen molar-refractivity contribution < 1.29 is 27.1 Å². The highest BCUT2D eigenvalue weighted by Gasteiger charge is 2.31. The molecule has 1 aromatic carbocycles. The summed E-state index contributed by atoms with van der Waals surface area (Å²) in [5, 5.41) is 2.84. The Kier molecular flexibility index (Phi) is 6.41. The van der Waals surface area contributed by atoms with Gasteiger partial charge < -0.3 is 14.5 Å². The molecule has 1 aromatic heterocycles. The van der Waals surface area contributed by atoms with Crippen LogP contribution in [0.2, 0.25) is 0 Å². The van der Waals surface area contributed by atoms with Gasteiger partial charge in [-0.2, -0.15) is 13.2 Å². The van der Waals surface area contributed by atoms with Crippen molar-refractivity contribution in [2.45, 2.75) is 25.6 Å². The van der Waals surface area contributed by atoms with Crippen LogP contribution in [-0.4, -0.2) is 43.7 Å². The molecular weight excluding hydrogens is 373 g/mol. The average molecular weight is 396 g/mol. The fourth-order valence-corrected chi connectivity index (χ4v) is 3.21. The predicted octanol–water partition coefficient (Wildman–Crippen LogP) is 3.66. The van der Waals surface area contributed by atoms with Crippen LogP contribution in [0.25, 0.3) is 0 Å². The molecule has 1 N–H and O–H groups in total. The maximum Gasteiger partial charge on any atom is 0.416 e. The first kappa shape index (κ1) is 20.4. The number of benzene rings is 1. The van der Waals surface area contributed by atoms with Crippen LogP contribution in [0.1, 0.15) is 40.4 Å². The zero-order valence-corrected chi connectivity index (χ0v) is 15.6. The Balaban J connectivity index is 1.74. The van der Waals surface area contributed by atoms with Crippen molar-refractivity contribution in [2.75, 3.05) is 32.8 Å². The van der Waals surface area contributed by atoms with Crippen LogP contribution in [0.3, 0.4) is 0 Å². The Bertz CT molecular complexity index is 781. The average Bonchev–Trinajstić information content (AvgIpc) is 3.18. The zero-order valence-electron chi connectivity index (χ0n) is 15.6. The summed E-state index contributed by atoms with van der Waals surface area (Å²) in [6.07, 6.45) is -3.69. The Morgan fingerprint density at radius 2 is 1.82 bits per heavy atom. The molecule has 0 saturated carbocycles. The molecule has 8 heteroatoms. The molecule has 1 fully saturated rings. The van der Waals surface area contributed by atoms with Gasteiger partial charge in [0.15, 0.2) is 5.76 Å². The molecule has 0 aliphatic carbocycles. The summed E-state index contributed by atoms with van der Waals surface area (Å²) in [5.74, 6) is 0.604. The lowest BCUT2D eigenvalue weighted by atomic mass is 10.0. The molecule has 1 atom stereocenters. The molecule has 2 aromatic rings. The summed E-state index contributed by atoms with van der Waals surface area (Å²) in [5.41, 5.74) is 0.0209. The van der Waals surface area contributed by atoms with Crippen molar-refractivity contribution >= 4 is 5.91 Å². The second-order valence-electron chi connectivity index (χ2n) is 6.61. The second-order valence-corrected chi connectivity index (χ2v) is 6.61. The molecule has 2 heterocycles. The normalized spacial score (nSPS) is 16.7. The van der Waals surface area contributed by atoms with E-state index >= 15 is 0 Å². The molecule has 152 valence electrons. The monoisotopic (exact) mass is 396 g/mol. The highest BCUT2D eigenvalue weighted by molar-refractivity contribution is 5.91. The maximum atomic E-state index is 12.9. The number of hydrogen-bond acceptors (Lipinski definition) is 4. The minimum Gasteiger partial charge on any atom is -0.456 e. The predicted molar refractivity (Wildman–Crippen MR) is 97.0 cm³/mol. The molecule has 1 unspecified atom stereocenters. The molecule has 28 heavy (non-hydrogen) atoms. The summed E-state index contributed by atoms with van der Waals surface area (Å²) in [7, 11) is 0. The van der Waals surface area contributed by atoms with Gasteiger partial charge >= 0.3 is 6.18 Å². The fraction of sp³-hybridized carbons (Fsp3) is 0.450. The minimum atomic E-state index is -4.38. The van der Waals surface area contributed by atoms with Gasteiger partial charge in [-0.3, -0.25) is 9.69 Å². The quantitative estimate of drug-likeness (QED) is 0.810. The molecular formula is C20H23F3N2O3. The van der Waals surface area contributed by atoms with E-state index in [0.717, 1.165) is 17.9 Å². The van der Waals surface area contributed by atoms with Gasteiger partial charge in [0.05, 0.1) is 24.8 Å². The Labute approximate surface area is 161 Å². The lowest BCUT2D eigenvalue weighted by molar-refractivity contribution is -0.137. The molecule has 0 spiro atoms. The number of rotatable bonds is 6. The van der Waals surface area contributed by atoms with Gasteiger partial charge in [-0.15, -0.1) is 0 Å². The van der Waals surface area contributed by atoms with E-state index in [-0.39, 0.29) is 24.3 Å². The van der Waals surface area contributed by atoms with E-state index in [1.54, 1.807) is 12.1 Å². The van der Waals surface area contributed by atoms with E-state index < -0.39 is 11.7 Å². The molecule has 0 bridgehead atoms. The molecule has 5 nitrogen and oxygen atoms in total. The Hall–Kier alpha value is -2.32. The summed E-state index contributed by atoms with van der Waals surface area (Å²) in [6, 6.07) is 8.21. The summed E-state index contributed by atoms with van der Waals surface area (Å²) in [4.78, 5) is 14.5. The molecule has 1 amide bonds. The largest absolute Gasteiger partial charge is 0.456 e. The number of amides is 1. The van der Waals surface area contributed by atoms with Gasteiger partial charge in [0.2, 0.25) is 0 Å². The smallest absolute Gasteiger partial charge is 0.416 e. The van der Waals surface area contributed by atoms with E-state index in [2.05, 4.69) is 10.2 Å². The number of nitrogens with zero attached hydrogens (tertiary/aromatic N) is 1. The van der Waals surface area contributed by atoms with E-state index in [4.69, 9.17) is 9.15 Å². The number of aryl methyl sites for hydroxylation is 1. The van der Waals surface area contributed by atoms with Gasteiger partial charge in [-0.25, -0.2) is 0 Å². The van der Waals surface area contributed by atoms with Crippen LogP contribution in [0.5, 0.6) is 0 Å². The third-order valence-corrected chi connectivity index (χ3v) is 4.80. The van der Waals surface area contributed by atoms with Gasteiger partial charge in [0, 0.05) is 26.1 Å². The number of alkyl halides is 3. The van der Waals surface area contributed by atoms with Crippen molar-refractivity contribution in [3.63, 3.8) is 0 Å². The first-order valence-corrected chi connectivity index (χ1v) is 9.24. The number of morpholine rings is 1. The summed E-state index contributed by atoms with van der Waals surface area (Å²) in [6.45, 7) is 4.56. The third-order valence-electron chi connectivity index (χ3n) is 4.80. The molecule has 1 aliphatic heterocycles. The standard InChI is InChI=1S/C20H23F3N2O3/c1-2-16-7-8-18(28-16)19(26)24-13-17(25-9-11-27-12-10-25)14-3-5-15(6-4-14)20(21,22)23/h3-8,17H,2,9-13H2,1H3,(H,24,26). The van der Waals surface area contributed by atoms with E-state index in [1.165, 1.54) is 12.1 Å². The number of hydrogen-bond donors (Lipinski definition) is 1. The van der Waals surface area contributed by atoms with Crippen LogP contribution in [0, 0.1) is 0 Å². The number of carbonyl (C=O) groups excluding carboxylic acids is 1. The highest BCUT2D eigenvalue weighted by Crippen LogP contribution is 2.31. The second kappa shape index (κ2) is 8.79. The first-order chi connectivity index (χ1) is 13.4.